The molecule has 0 bridgehead atoms. The Kier molecular flexibility index (Phi) is 2.38. The highest BCUT2D eigenvalue weighted by Gasteiger charge is 2.49. The maximum absolute atomic E-state index is 10.6. The maximum atomic E-state index is 10.6. The topological polar surface area (TPSA) is 29.5 Å². The van der Waals surface area contributed by atoms with E-state index >= 15 is 0 Å². The van der Waals surface area contributed by atoms with E-state index in [1.165, 1.54) is 49.7 Å². The molecule has 2 fully saturated rings. The minimum Gasteiger partial charge on any atom is -0.462 e. The third kappa shape index (κ3) is 1.51. The Hall–Kier alpha value is -0.760. The molecule has 2 saturated carbocycles. The second kappa shape index (κ2) is 3.86. The molecule has 98 valence electrons. The molecule has 4 rings (SSSR count). The van der Waals surface area contributed by atoms with Crippen LogP contribution in [0.5, 0.6) is 0 Å². The zero-order chi connectivity index (χ0) is 12.2. The lowest BCUT2D eigenvalue weighted by molar-refractivity contribution is -0.205. The van der Waals surface area contributed by atoms with E-state index in [0.29, 0.717) is 5.92 Å². The van der Waals surface area contributed by atoms with Gasteiger partial charge in [-0.3, -0.25) is 0 Å². The first-order chi connectivity index (χ1) is 8.76. The fourth-order valence-electron chi connectivity index (χ4n) is 4.39. The van der Waals surface area contributed by atoms with Crippen LogP contribution >= 0.6 is 0 Å². The monoisotopic (exact) mass is 246 g/mol. The molecule has 0 aromatic rings. The van der Waals surface area contributed by atoms with Crippen LogP contribution in [-0.2, 0) is 4.74 Å². The Labute approximate surface area is 109 Å². The van der Waals surface area contributed by atoms with E-state index in [-0.39, 0.29) is 0 Å². The van der Waals surface area contributed by atoms with Gasteiger partial charge in [-0.1, -0.05) is 5.57 Å². The lowest BCUT2D eigenvalue weighted by Crippen LogP contribution is -2.39. The minimum absolute atomic E-state index is 0.365. The number of fused-ring (bicyclic) bond motifs is 1. The van der Waals surface area contributed by atoms with E-state index in [1.54, 1.807) is 5.57 Å². The predicted octanol–water partition coefficient (Wildman–Crippen LogP) is 3.81. The van der Waals surface area contributed by atoms with Crippen molar-refractivity contribution in [2.45, 2.75) is 70.0 Å². The second-order valence-corrected chi connectivity index (χ2v) is 6.46. The first-order valence-electron chi connectivity index (χ1n) is 7.61. The summed E-state index contributed by atoms with van der Waals surface area (Å²) in [6, 6.07) is 0. The quantitative estimate of drug-likeness (QED) is 0.704. The highest BCUT2D eigenvalue weighted by molar-refractivity contribution is 5.43. The average Bonchev–Trinajstić information content (AvgIpc) is 3.02. The van der Waals surface area contributed by atoms with Crippen LogP contribution in [-0.4, -0.2) is 10.9 Å². The third-order valence-electron chi connectivity index (χ3n) is 5.40. The molecule has 0 unspecified atom stereocenters. The molecule has 2 nitrogen and oxygen atoms in total. The molecular formula is C16H22O2. The fraction of sp³-hybridized carbons (Fsp3) is 0.750. The zero-order valence-corrected chi connectivity index (χ0v) is 11.0. The van der Waals surface area contributed by atoms with Crippen LogP contribution in [0.2, 0.25) is 0 Å². The number of hydrogen-bond acceptors (Lipinski definition) is 2. The highest BCUT2D eigenvalue weighted by Crippen LogP contribution is 2.52. The summed E-state index contributed by atoms with van der Waals surface area (Å²) in [6.07, 6.45) is 11.7. The summed E-state index contributed by atoms with van der Waals surface area (Å²) in [7, 11) is 0. The van der Waals surface area contributed by atoms with Gasteiger partial charge in [0, 0.05) is 12.3 Å². The van der Waals surface area contributed by atoms with Gasteiger partial charge in [-0.2, -0.15) is 0 Å². The molecule has 0 amide bonds. The van der Waals surface area contributed by atoms with Gasteiger partial charge in [0.25, 0.3) is 0 Å². The number of rotatable bonds is 0. The smallest absolute Gasteiger partial charge is 0.211 e. The molecule has 2 atom stereocenters. The van der Waals surface area contributed by atoms with Crippen molar-refractivity contribution in [2.24, 2.45) is 5.92 Å². The third-order valence-corrected chi connectivity index (χ3v) is 5.40. The molecule has 18 heavy (non-hydrogen) atoms. The molecule has 1 aliphatic heterocycles. The molecule has 3 aliphatic carbocycles. The van der Waals surface area contributed by atoms with Crippen molar-refractivity contribution in [1.29, 1.82) is 0 Å². The van der Waals surface area contributed by atoms with Gasteiger partial charge >= 0.3 is 0 Å². The van der Waals surface area contributed by atoms with Gasteiger partial charge < -0.3 is 9.84 Å². The normalized spacial score (nSPS) is 39.1. The van der Waals surface area contributed by atoms with Gasteiger partial charge in [-0.25, -0.2) is 0 Å². The van der Waals surface area contributed by atoms with Crippen molar-refractivity contribution < 1.29 is 9.84 Å². The molecule has 1 N–H and O–H groups in total. The molecule has 0 saturated heterocycles. The minimum atomic E-state index is -0.826. The summed E-state index contributed by atoms with van der Waals surface area (Å²) < 4.78 is 6.12. The largest absolute Gasteiger partial charge is 0.462 e. The molecule has 0 aromatic heterocycles. The van der Waals surface area contributed by atoms with Crippen LogP contribution in [0.4, 0.5) is 0 Å². The average molecular weight is 246 g/mol. The summed E-state index contributed by atoms with van der Waals surface area (Å²) in [5.74, 6) is 0.657. The van der Waals surface area contributed by atoms with E-state index in [0.717, 1.165) is 31.4 Å². The lowest BCUT2D eigenvalue weighted by atomic mass is 9.90. The number of aliphatic hydroxyl groups is 1. The van der Waals surface area contributed by atoms with E-state index in [4.69, 9.17) is 4.74 Å². The molecule has 2 heteroatoms. The second-order valence-electron chi connectivity index (χ2n) is 6.46. The van der Waals surface area contributed by atoms with Gasteiger partial charge in [0.1, 0.15) is 5.76 Å². The first kappa shape index (κ1) is 11.1. The Balaban J connectivity index is 1.70. The van der Waals surface area contributed by atoms with Crippen LogP contribution in [0.3, 0.4) is 0 Å². The Bertz CT molecular complexity index is 438. The van der Waals surface area contributed by atoms with E-state index < -0.39 is 5.79 Å². The molecular weight excluding hydrogens is 224 g/mol. The molecule has 0 spiro atoms. The highest BCUT2D eigenvalue weighted by atomic mass is 16.6. The van der Waals surface area contributed by atoms with Crippen molar-refractivity contribution in [3.8, 4) is 0 Å². The molecule has 0 radical (unpaired) electrons. The Morgan fingerprint density at radius 3 is 2.67 bits per heavy atom. The van der Waals surface area contributed by atoms with Gasteiger partial charge in [-0.05, 0) is 68.9 Å². The Morgan fingerprint density at radius 1 is 1.00 bits per heavy atom. The summed E-state index contributed by atoms with van der Waals surface area (Å²) >= 11 is 0. The molecule has 4 aliphatic rings. The lowest BCUT2D eigenvalue weighted by Gasteiger charge is -2.36. The van der Waals surface area contributed by atoms with E-state index in [9.17, 15) is 5.11 Å². The summed E-state index contributed by atoms with van der Waals surface area (Å²) in [5, 5.41) is 10.6. The SMILES string of the molecule is O[C@@]12CCC[C@@H]1CC1=C(O2)C(=C2CCCC2)CC1. The van der Waals surface area contributed by atoms with Crippen molar-refractivity contribution in [3.05, 3.63) is 22.5 Å². The van der Waals surface area contributed by atoms with Crippen molar-refractivity contribution in [3.63, 3.8) is 0 Å². The molecule has 0 aromatic carbocycles. The summed E-state index contributed by atoms with van der Waals surface area (Å²) in [4.78, 5) is 0. The summed E-state index contributed by atoms with van der Waals surface area (Å²) in [6.45, 7) is 0. The van der Waals surface area contributed by atoms with Gasteiger partial charge in [0.15, 0.2) is 0 Å². The summed E-state index contributed by atoms with van der Waals surface area (Å²) in [5.41, 5.74) is 4.60. The fourth-order valence-corrected chi connectivity index (χ4v) is 4.39. The van der Waals surface area contributed by atoms with Gasteiger partial charge in [-0.15, -0.1) is 0 Å². The molecule has 1 heterocycles. The van der Waals surface area contributed by atoms with Crippen LogP contribution in [0.25, 0.3) is 0 Å². The van der Waals surface area contributed by atoms with Gasteiger partial charge in [0.2, 0.25) is 5.79 Å². The Morgan fingerprint density at radius 2 is 1.83 bits per heavy atom. The maximum Gasteiger partial charge on any atom is 0.211 e. The van der Waals surface area contributed by atoms with Crippen LogP contribution in [0.15, 0.2) is 22.5 Å². The van der Waals surface area contributed by atoms with Crippen LogP contribution in [0, 0.1) is 5.92 Å². The van der Waals surface area contributed by atoms with E-state index in [2.05, 4.69) is 0 Å². The van der Waals surface area contributed by atoms with Crippen LogP contribution < -0.4 is 0 Å². The van der Waals surface area contributed by atoms with Crippen molar-refractivity contribution in [1.82, 2.24) is 0 Å². The number of allylic oxidation sites excluding steroid dienone is 3. The first-order valence-corrected chi connectivity index (χ1v) is 7.61. The number of hydrogen-bond donors (Lipinski definition) is 1. The zero-order valence-electron chi connectivity index (χ0n) is 11.0. The van der Waals surface area contributed by atoms with Crippen molar-refractivity contribution in [2.75, 3.05) is 0 Å². The van der Waals surface area contributed by atoms with Gasteiger partial charge in [0.05, 0.1) is 0 Å². The number of ether oxygens (including phenoxy) is 1. The standard InChI is InChI=1S/C16H22O2/c17-16-9-3-6-13(16)10-12-7-8-14(15(12)18-16)11-4-1-2-5-11/h13,17H,1-10H2/t13-,16-/m1/s1. The van der Waals surface area contributed by atoms with Crippen molar-refractivity contribution >= 4 is 0 Å². The van der Waals surface area contributed by atoms with E-state index in [1.807, 2.05) is 0 Å². The predicted molar refractivity (Wildman–Crippen MR) is 69.7 cm³/mol. The van der Waals surface area contributed by atoms with Crippen LogP contribution in [0.1, 0.15) is 64.2 Å².